The molecule has 0 aliphatic heterocycles. The molecule has 1 saturated carbocycles. The lowest BCUT2D eigenvalue weighted by Crippen LogP contribution is -2.37. The third-order valence-corrected chi connectivity index (χ3v) is 6.85. The summed E-state index contributed by atoms with van der Waals surface area (Å²) in [6.45, 7) is 2.35. The molecular weight excluding hydrogens is 365 g/mol. The number of hydrogen-bond acceptors (Lipinski definition) is 2. The van der Waals surface area contributed by atoms with Crippen LogP contribution in [0.2, 0.25) is 0 Å². The zero-order valence-electron chi connectivity index (χ0n) is 11.8. The zero-order valence-corrected chi connectivity index (χ0v) is 14.7. The number of fused-ring (bicyclic) bond motifs is 1. The maximum atomic E-state index is 3.99. The standard InChI is InChI=1S/C16H24INS/c1-2-11-5-3-6-12(9-11)18-14-7-4-8-15-13(14)10-16(17)19-15/h10-12,14,18H,2-9H2,1H3. The molecule has 1 aromatic rings. The van der Waals surface area contributed by atoms with Crippen molar-refractivity contribution in [3.8, 4) is 0 Å². The number of hydrogen-bond donors (Lipinski definition) is 1. The van der Waals surface area contributed by atoms with Crippen molar-refractivity contribution in [2.24, 2.45) is 5.92 Å². The van der Waals surface area contributed by atoms with Crippen LogP contribution < -0.4 is 5.32 Å². The topological polar surface area (TPSA) is 12.0 Å². The third kappa shape index (κ3) is 3.35. The molecular formula is C16H24INS. The van der Waals surface area contributed by atoms with Crippen LogP contribution in [0.1, 0.15) is 68.4 Å². The van der Waals surface area contributed by atoms with Crippen molar-refractivity contribution in [1.29, 1.82) is 0 Å². The molecule has 2 aliphatic carbocycles. The Bertz CT molecular complexity index is 428. The van der Waals surface area contributed by atoms with Crippen molar-refractivity contribution >= 4 is 33.9 Å². The van der Waals surface area contributed by atoms with Crippen molar-refractivity contribution in [3.05, 3.63) is 19.4 Å². The van der Waals surface area contributed by atoms with Gasteiger partial charge in [0.2, 0.25) is 0 Å². The first kappa shape index (κ1) is 14.3. The lowest BCUT2D eigenvalue weighted by Gasteiger charge is -2.34. The fourth-order valence-electron chi connectivity index (χ4n) is 3.79. The van der Waals surface area contributed by atoms with Gasteiger partial charge in [0.15, 0.2) is 0 Å². The Morgan fingerprint density at radius 3 is 3.05 bits per heavy atom. The highest BCUT2D eigenvalue weighted by molar-refractivity contribution is 14.1. The molecule has 3 unspecified atom stereocenters. The van der Waals surface area contributed by atoms with E-state index >= 15 is 0 Å². The Hall–Kier alpha value is 0.390. The summed E-state index contributed by atoms with van der Waals surface area (Å²) in [5.74, 6) is 0.969. The third-order valence-electron chi connectivity index (χ3n) is 4.88. The molecule has 0 spiro atoms. The lowest BCUT2D eigenvalue weighted by atomic mass is 9.83. The van der Waals surface area contributed by atoms with E-state index in [2.05, 4.69) is 40.9 Å². The molecule has 1 nitrogen and oxygen atoms in total. The van der Waals surface area contributed by atoms with E-state index in [0.717, 1.165) is 12.0 Å². The van der Waals surface area contributed by atoms with Crippen LogP contribution in [0.4, 0.5) is 0 Å². The molecule has 19 heavy (non-hydrogen) atoms. The Labute approximate surface area is 134 Å². The van der Waals surface area contributed by atoms with Crippen LogP contribution in [0.3, 0.4) is 0 Å². The molecule has 1 aromatic heterocycles. The van der Waals surface area contributed by atoms with Gasteiger partial charge in [-0.25, -0.2) is 0 Å². The van der Waals surface area contributed by atoms with Crippen LogP contribution in [0.25, 0.3) is 0 Å². The maximum Gasteiger partial charge on any atom is 0.0659 e. The monoisotopic (exact) mass is 389 g/mol. The van der Waals surface area contributed by atoms with Crippen LogP contribution in [0, 0.1) is 8.80 Å². The number of halogens is 1. The summed E-state index contributed by atoms with van der Waals surface area (Å²) in [7, 11) is 0. The molecule has 0 bridgehead atoms. The van der Waals surface area contributed by atoms with Crippen LogP contribution in [0.5, 0.6) is 0 Å². The van der Waals surface area contributed by atoms with Gasteiger partial charge in [-0.1, -0.05) is 26.2 Å². The van der Waals surface area contributed by atoms with E-state index in [4.69, 9.17) is 0 Å². The Morgan fingerprint density at radius 1 is 1.32 bits per heavy atom. The molecule has 3 atom stereocenters. The summed E-state index contributed by atoms with van der Waals surface area (Å²) in [4.78, 5) is 1.65. The van der Waals surface area contributed by atoms with Gasteiger partial charge in [-0.3, -0.25) is 0 Å². The van der Waals surface area contributed by atoms with Gasteiger partial charge in [-0.05, 0) is 72.2 Å². The molecule has 1 fully saturated rings. The highest BCUT2D eigenvalue weighted by Crippen LogP contribution is 2.37. The summed E-state index contributed by atoms with van der Waals surface area (Å²) < 4.78 is 1.46. The van der Waals surface area contributed by atoms with E-state index in [1.54, 1.807) is 10.4 Å². The van der Waals surface area contributed by atoms with Crippen molar-refractivity contribution in [2.75, 3.05) is 0 Å². The van der Waals surface area contributed by atoms with Crippen LogP contribution in [-0.2, 0) is 6.42 Å². The van der Waals surface area contributed by atoms with Crippen molar-refractivity contribution in [2.45, 2.75) is 70.4 Å². The SMILES string of the molecule is CCC1CCCC(NC2CCCc3sc(I)cc32)C1. The predicted octanol–water partition coefficient (Wildman–Crippen LogP) is 5.29. The molecule has 0 saturated heterocycles. The second kappa shape index (κ2) is 6.44. The fourth-order valence-corrected chi connectivity index (χ4v) is 5.91. The van der Waals surface area contributed by atoms with E-state index in [9.17, 15) is 0 Å². The van der Waals surface area contributed by atoms with Gasteiger partial charge in [0.25, 0.3) is 0 Å². The number of rotatable bonds is 3. The van der Waals surface area contributed by atoms with E-state index in [-0.39, 0.29) is 0 Å². The summed E-state index contributed by atoms with van der Waals surface area (Å²) in [6.07, 6.45) is 11.1. The second-order valence-corrected chi connectivity index (χ2v) is 9.21. The lowest BCUT2D eigenvalue weighted by molar-refractivity contribution is 0.255. The van der Waals surface area contributed by atoms with E-state index < -0.39 is 0 Å². The average molecular weight is 389 g/mol. The van der Waals surface area contributed by atoms with Gasteiger partial charge < -0.3 is 5.32 Å². The van der Waals surface area contributed by atoms with E-state index in [0.29, 0.717) is 6.04 Å². The van der Waals surface area contributed by atoms with Gasteiger partial charge in [0.05, 0.1) is 2.88 Å². The quantitative estimate of drug-likeness (QED) is 0.693. The molecule has 3 heteroatoms. The minimum atomic E-state index is 0.643. The Kier molecular flexibility index (Phi) is 4.86. The van der Waals surface area contributed by atoms with Gasteiger partial charge in [-0.2, -0.15) is 0 Å². The van der Waals surface area contributed by atoms with Crippen molar-refractivity contribution in [1.82, 2.24) is 5.32 Å². The Balaban J connectivity index is 1.67. The highest BCUT2D eigenvalue weighted by atomic mass is 127. The van der Waals surface area contributed by atoms with Crippen LogP contribution in [0.15, 0.2) is 6.07 Å². The Morgan fingerprint density at radius 2 is 2.21 bits per heavy atom. The molecule has 1 N–H and O–H groups in total. The predicted molar refractivity (Wildman–Crippen MR) is 91.9 cm³/mol. The molecule has 2 aliphatic rings. The normalized spacial score (nSPS) is 31.2. The average Bonchev–Trinajstić information content (AvgIpc) is 2.80. The number of nitrogens with one attached hydrogen (secondary N) is 1. The van der Waals surface area contributed by atoms with Crippen LogP contribution >= 0.6 is 33.9 Å². The first-order valence-electron chi connectivity index (χ1n) is 7.80. The molecule has 0 radical (unpaired) electrons. The zero-order chi connectivity index (χ0) is 13.2. The summed E-state index contributed by atoms with van der Waals surface area (Å²) in [5.41, 5.74) is 1.62. The fraction of sp³-hybridized carbons (Fsp3) is 0.750. The minimum Gasteiger partial charge on any atom is -0.307 e. The maximum absolute atomic E-state index is 3.99. The largest absolute Gasteiger partial charge is 0.307 e. The smallest absolute Gasteiger partial charge is 0.0659 e. The molecule has 3 rings (SSSR count). The first-order chi connectivity index (χ1) is 9.26. The molecule has 0 aromatic carbocycles. The number of thiophene rings is 1. The van der Waals surface area contributed by atoms with Crippen LogP contribution in [-0.4, -0.2) is 6.04 Å². The minimum absolute atomic E-state index is 0.643. The van der Waals surface area contributed by atoms with Crippen molar-refractivity contribution in [3.63, 3.8) is 0 Å². The summed E-state index contributed by atoms with van der Waals surface area (Å²) in [6, 6.07) is 3.84. The summed E-state index contributed by atoms with van der Waals surface area (Å²) >= 11 is 4.49. The highest BCUT2D eigenvalue weighted by Gasteiger charge is 2.27. The number of aryl methyl sites for hydroxylation is 1. The van der Waals surface area contributed by atoms with Gasteiger partial charge in [-0.15, -0.1) is 11.3 Å². The van der Waals surface area contributed by atoms with Gasteiger partial charge >= 0.3 is 0 Å². The molecule has 1 heterocycles. The summed E-state index contributed by atoms with van der Waals surface area (Å²) in [5, 5.41) is 3.99. The molecule has 0 amide bonds. The first-order valence-corrected chi connectivity index (χ1v) is 9.70. The second-order valence-electron chi connectivity index (χ2n) is 6.18. The van der Waals surface area contributed by atoms with E-state index in [1.807, 2.05) is 11.3 Å². The van der Waals surface area contributed by atoms with Crippen molar-refractivity contribution < 1.29 is 0 Å². The molecule has 106 valence electrons. The van der Waals surface area contributed by atoms with Gasteiger partial charge in [0, 0.05) is 17.0 Å². The van der Waals surface area contributed by atoms with E-state index in [1.165, 1.54) is 54.3 Å². The van der Waals surface area contributed by atoms with Gasteiger partial charge in [0.1, 0.15) is 0 Å².